The number of piperidine rings is 1. The minimum atomic E-state index is 0.931. The lowest BCUT2D eigenvalue weighted by Crippen LogP contribution is -2.31. The van der Waals surface area contributed by atoms with Crippen molar-refractivity contribution in [2.45, 2.75) is 25.7 Å². The van der Waals surface area contributed by atoms with Crippen LogP contribution in [0, 0.1) is 0 Å². The van der Waals surface area contributed by atoms with Gasteiger partial charge in [-0.15, -0.1) is 0 Å². The van der Waals surface area contributed by atoms with Gasteiger partial charge >= 0.3 is 0 Å². The van der Waals surface area contributed by atoms with E-state index in [1.54, 1.807) is 12.4 Å². The summed E-state index contributed by atoms with van der Waals surface area (Å²) in [5.74, 6) is 0. The van der Waals surface area contributed by atoms with E-state index < -0.39 is 0 Å². The van der Waals surface area contributed by atoms with Crippen LogP contribution in [0.4, 0.5) is 5.69 Å². The van der Waals surface area contributed by atoms with Gasteiger partial charge in [-0.05, 0) is 51.0 Å². The van der Waals surface area contributed by atoms with Gasteiger partial charge in [0.15, 0.2) is 0 Å². The van der Waals surface area contributed by atoms with Crippen LogP contribution in [0.25, 0.3) is 0 Å². The second-order valence-electron chi connectivity index (χ2n) is 4.34. The first-order chi connectivity index (χ1) is 7.95. The van der Waals surface area contributed by atoms with Crippen LogP contribution in [-0.2, 0) is 0 Å². The van der Waals surface area contributed by atoms with Gasteiger partial charge in [-0.1, -0.05) is 6.42 Å². The first-order valence-electron chi connectivity index (χ1n) is 6.25. The molecule has 3 heteroatoms. The lowest BCUT2D eigenvalue weighted by Gasteiger charge is -2.26. The van der Waals surface area contributed by atoms with Crippen LogP contribution in [0.1, 0.15) is 25.7 Å². The molecule has 1 saturated heterocycles. The van der Waals surface area contributed by atoms with Crippen molar-refractivity contribution in [3.8, 4) is 0 Å². The minimum absolute atomic E-state index is 0.931. The first-order valence-corrected chi connectivity index (χ1v) is 6.25. The van der Waals surface area contributed by atoms with Gasteiger partial charge in [0.05, 0.1) is 5.69 Å². The Bertz CT molecular complexity index is 280. The van der Waals surface area contributed by atoms with Crippen molar-refractivity contribution < 1.29 is 0 Å². The van der Waals surface area contributed by atoms with Crippen molar-refractivity contribution in [1.29, 1.82) is 0 Å². The summed E-state index contributed by atoms with van der Waals surface area (Å²) in [6.07, 6.45) is 8.93. The third kappa shape index (κ3) is 3.81. The van der Waals surface area contributed by atoms with Crippen LogP contribution < -0.4 is 5.32 Å². The average Bonchev–Trinajstić information content (AvgIpc) is 2.37. The maximum atomic E-state index is 4.52. The highest BCUT2D eigenvalue weighted by Gasteiger charge is 2.08. The lowest BCUT2D eigenvalue weighted by molar-refractivity contribution is 0.226. The molecular weight excluding hydrogens is 198 g/mol. The summed E-state index contributed by atoms with van der Waals surface area (Å²) < 4.78 is 0. The lowest BCUT2D eigenvalue weighted by atomic mass is 10.1. The van der Waals surface area contributed by atoms with Crippen LogP contribution in [0.5, 0.6) is 0 Å². The Labute approximate surface area is 97.9 Å². The van der Waals surface area contributed by atoms with Crippen molar-refractivity contribution in [2.24, 2.45) is 0 Å². The number of pyridine rings is 1. The molecule has 0 N–H and O–H groups in total. The van der Waals surface area contributed by atoms with Crippen LogP contribution in [0.3, 0.4) is 0 Å². The highest BCUT2D eigenvalue weighted by Crippen LogP contribution is 2.09. The Morgan fingerprint density at radius 1 is 1.12 bits per heavy atom. The summed E-state index contributed by atoms with van der Waals surface area (Å²) in [6, 6.07) is 3.92. The zero-order valence-electron chi connectivity index (χ0n) is 9.81. The predicted octanol–water partition coefficient (Wildman–Crippen LogP) is 2.19. The molecule has 1 aromatic heterocycles. The van der Waals surface area contributed by atoms with Crippen molar-refractivity contribution in [3.05, 3.63) is 24.5 Å². The van der Waals surface area contributed by atoms with Gasteiger partial charge < -0.3 is 4.90 Å². The molecule has 0 atom stereocenters. The maximum Gasteiger partial charge on any atom is 0.0604 e. The van der Waals surface area contributed by atoms with E-state index >= 15 is 0 Å². The van der Waals surface area contributed by atoms with E-state index in [1.165, 1.54) is 45.3 Å². The van der Waals surface area contributed by atoms with Crippen LogP contribution >= 0.6 is 0 Å². The van der Waals surface area contributed by atoms with Crippen LogP contribution in [0.15, 0.2) is 24.5 Å². The fourth-order valence-corrected chi connectivity index (χ4v) is 2.13. The number of likely N-dealkylation sites (tertiary alicyclic amines) is 1. The standard InChI is InChI=1S/C13H20N3/c1-2-10-16(11-3-1)12-4-7-15-13-5-8-14-9-6-13/h5-6,8-9H,1-4,7,10-12H2. The molecule has 2 heterocycles. The zero-order chi connectivity index (χ0) is 11.1. The Hall–Kier alpha value is -1.09. The van der Waals surface area contributed by atoms with E-state index in [0.717, 1.165) is 12.2 Å². The fourth-order valence-electron chi connectivity index (χ4n) is 2.13. The normalized spacial score (nSPS) is 17.2. The summed E-state index contributed by atoms with van der Waals surface area (Å²) in [7, 11) is 0. The molecule has 16 heavy (non-hydrogen) atoms. The summed E-state index contributed by atoms with van der Waals surface area (Å²) in [5, 5.41) is 4.52. The van der Waals surface area contributed by atoms with E-state index in [1.807, 2.05) is 12.1 Å². The maximum absolute atomic E-state index is 4.52. The molecule has 0 aliphatic carbocycles. The second kappa shape index (κ2) is 6.48. The first kappa shape index (κ1) is 11.4. The van der Waals surface area contributed by atoms with Gasteiger partial charge in [0.1, 0.15) is 0 Å². The van der Waals surface area contributed by atoms with Crippen molar-refractivity contribution in [2.75, 3.05) is 26.2 Å². The van der Waals surface area contributed by atoms with Crippen molar-refractivity contribution in [1.82, 2.24) is 15.2 Å². The SMILES string of the molecule is c1cc([N]CCCN2CCCCC2)ccn1. The molecule has 0 saturated carbocycles. The van der Waals surface area contributed by atoms with Gasteiger partial charge in [0, 0.05) is 18.9 Å². The molecule has 0 aromatic carbocycles. The summed E-state index contributed by atoms with van der Waals surface area (Å²) in [6.45, 7) is 4.71. The monoisotopic (exact) mass is 218 g/mol. The molecule has 1 fully saturated rings. The van der Waals surface area contributed by atoms with E-state index in [2.05, 4.69) is 15.2 Å². The summed E-state index contributed by atoms with van der Waals surface area (Å²) in [5.41, 5.74) is 1.05. The highest BCUT2D eigenvalue weighted by molar-refractivity contribution is 5.31. The zero-order valence-corrected chi connectivity index (χ0v) is 9.81. The fraction of sp³-hybridized carbons (Fsp3) is 0.615. The molecular formula is C13H20N3. The van der Waals surface area contributed by atoms with E-state index in [0.29, 0.717) is 0 Å². The highest BCUT2D eigenvalue weighted by atomic mass is 15.1. The molecule has 0 bridgehead atoms. The van der Waals surface area contributed by atoms with Crippen LogP contribution in [0.2, 0.25) is 0 Å². The minimum Gasteiger partial charge on any atom is -0.303 e. The molecule has 0 spiro atoms. The molecule has 1 aliphatic rings. The molecule has 2 rings (SSSR count). The Balaban J connectivity index is 1.58. The number of nitrogens with zero attached hydrogens (tertiary/aromatic N) is 3. The van der Waals surface area contributed by atoms with Gasteiger partial charge in [-0.2, -0.15) is 0 Å². The Morgan fingerprint density at radius 2 is 1.88 bits per heavy atom. The largest absolute Gasteiger partial charge is 0.303 e. The van der Waals surface area contributed by atoms with Gasteiger partial charge in [0.25, 0.3) is 0 Å². The quantitative estimate of drug-likeness (QED) is 0.709. The topological polar surface area (TPSA) is 30.2 Å². The van der Waals surface area contributed by atoms with E-state index in [9.17, 15) is 0 Å². The van der Waals surface area contributed by atoms with Crippen molar-refractivity contribution >= 4 is 5.69 Å². The molecule has 3 nitrogen and oxygen atoms in total. The van der Waals surface area contributed by atoms with Crippen molar-refractivity contribution in [3.63, 3.8) is 0 Å². The molecule has 1 aromatic rings. The van der Waals surface area contributed by atoms with E-state index in [4.69, 9.17) is 0 Å². The number of hydrogen-bond acceptors (Lipinski definition) is 2. The van der Waals surface area contributed by atoms with Gasteiger partial charge in [-0.3, -0.25) is 10.3 Å². The summed E-state index contributed by atoms with van der Waals surface area (Å²) in [4.78, 5) is 6.54. The van der Waals surface area contributed by atoms with Gasteiger partial charge in [-0.25, -0.2) is 0 Å². The third-order valence-electron chi connectivity index (χ3n) is 3.04. The second-order valence-corrected chi connectivity index (χ2v) is 4.34. The number of aromatic nitrogens is 1. The molecule has 0 amide bonds. The molecule has 0 unspecified atom stereocenters. The number of hydrogen-bond donors (Lipinski definition) is 0. The smallest absolute Gasteiger partial charge is 0.0604 e. The molecule has 87 valence electrons. The predicted molar refractivity (Wildman–Crippen MR) is 65.8 cm³/mol. The Kier molecular flexibility index (Phi) is 4.62. The average molecular weight is 218 g/mol. The van der Waals surface area contributed by atoms with Crippen LogP contribution in [-0.4, -0.2) is 36.1 Å². The third-order valence-corrected chi connectivity index (χ3v) is 3.04. The van der Waals surface area contributed by atoms with E-state index in [-0.39, 0.29) is 0 Å². The van der Waals surface area contributed by atoms with Gasteiger partial charge in [0.2, 0.25) is 0 Å². The molecule has 1 radical (unpaired) electrons. The Morgan fingerprint density at radius 3 is 2.62 bits per heavy atom. The molecule has 1 aliphatic heterocycles. The summed E-state index contributed by atoms with van der Waals surface area (Å²) >= 11 is 0. The number of rotatable bonds is 5.